The van der Waals surface area contributed by atoms with Gasteiger partial charge in [-0.25, -0.2) is 0 Å². The first-order valence-electron chi connectivity index (χ1n) is 9.99. The van der Waals surface area contributed by atoms with Gasteiger partial charge in [-0.15, -0.1) is 0 Å². The Morgan fingerprint density at radius 2 is 1.69 bits per heavy atom. The van der Waals surface area contributed by atoms with Crippen LogP contribution in [0.5, 0.6) is 5.75 Å². The molecule has 0 atom stereocenters. The Bertz CT molecular complexity index is 830. The molecule has 1 aliphatic rings. The highest BCUT2D eigenvalue weighted by atomic mass is 16.5. The fourth-order valence-electron chi connectivity index (χ4n) is 3.66. The van der Waals surface area contributed by atoms with Crippen LogP contribution in [-0.4, -0.2) is 58.7 Å². The topological polar surface area (TPSA) is 76.3 Å². The van der Waals surface area contributed by atoms with Crippen LogP contribution in [0.4, 0.5) is 5.69 Å². The summed E-state index contributed by atoms with van der Waals surface area (Å²) < 4.78 is 5.21. The predicted octanol–water partition coefficient (Wildman–Crippen LogP) is -1.02. The van der Waals surface area contributed by atoms with Crippen LogP contribution in [-0.2, 0) is 11.3 Å². The van der Waals surface area contributed by atoms with Crippen LogP contribution in [0.1, 0.15) is 15.9 Å². The lowest BCUT2D eigenvalue weighted by molar-refractivity contribution is -1.02. The number of quaternary nitrogens is 2. The van der Waals surface area contributed by atoms with Gasteiger partial charge in [0.25, 0.3) is 11.8 Å². The average molecular weight is 399 g/mol. The van der Waals surface area contributed by atoms with E-state index in [0.717, 1.165) is 38.5 Å². The number of methoxy groups -OCH3 is 1. The molecule has 0 radical (unpaired) electrons. The van der Waals surface area contributed by atoms with Crippen molar-refractivity contribution in [3.63, 3.8) is 0 Å². The van der Waals surface area contributed by atoms with Gasteiger partial charge in [-0.1, -0.05) is 6.07 Å². The molecule has 7 nitrogen and oxygen atoms in total. The minimum atomic E-state index is -0.164. The highest BCUT2D eigenvalue weighted by molar-refractivity contribution is 5.97. The summed E-state index contributed by atoms with van der Waals surface area (Å²) in [6.45, 7) is 5.46. The Labute approximate surface area is 171 Å². The van der Waals surface area contributed by atoms with Gasteiger partial charge < -0.3 is 25.2 Å². The summed E-state index contributed by atoms with van der Waals surface area (Å²) >= 11 is 0. The first-order chi connectivity index (χ1) is 14.1. The number of benzene rings is 2. The molecule has 0 aromatic heterocycles. The monoisotopic (exact) mass is 398 g/mol. The molecule has 0 aliphatic carbocycles. The summed E-state index contributed by atoms with van der Waals surface area (Å²) in [5.74, 6) is 0.695. The molecule has 2 aromatic rings. The summed E-state index contributed by atoms with van der Waals surface area (Å²) in [4.78, 5) is 27.0. The third-order valence-electron chi connectivity index (χ3n) is 5.32. The van der Waals surface area contributed by atoms with Crippen LogP contribution in [0.3, 0.4) is 0 Å². The lowest BCUT2D eigenvalue weighted by atomic mass is 10.2. The van der Waals surface area contributed by atoms with E-state index < -0.39 is 0 Å². The van der Waals surface area contributed by atoms with Crippen LogP contribution in [0, 0.1) is 0 Å². The Morgan fingerprint density at radius 1 is 1.00 bits per heavy atom. The quantitative estimate of drug-likeness (QED) is 0.482. The standard InChI is InChI=1S/C22H28N4O3/c1-23-22(28)18-4-3-5-19(14-18)24-21(27)16-26-12-10-25(11-13-26)15-17-6-8-20(29-2)9-7-17/h3-9,14H,10-13,15-16H2,1-2H3,(H,23,28)(H,24,27)/p+2. The maximum Gasteiger partial charge on any atom is 0.279 e. The first kappa shape index (κ1) is 20.8. The number of rotatable bonds is 7. The highest BCUT2D eigenvalue weighted by Crippen LogP contribution is 2.11. The van der Waals surface area contributed by atoms with E-state index in [4.69, 9.17) is 4.74 Å². The molecule has 4 N–H and O–H groups in total. The van der Waals surface area contributed by atoms with Gasteiger partial charge in [-0.2, -0.15) is 0 Å². The van der Waals surface area contributed by atoms with E-state index in [2.05, 4.69) is 22.8 Å². The minimum absolute atomic E-state index is 0.0207. The molecule has 2 aromatic carbocycles. The molecule has 154 valence electrons. The van der Waals surface area contributed by atoms with Gasteiger partial charge in [-0.3, -0.25) is 9.59 Å². The maximum atomic E-state index is 12.4. The van der Waals surface area contributed by atoms with Crippen molar-refractivity contribution in [3.05, 3.63) is 59.7 Å². The third-order valence-corrected chi connectivity index (χ3v) is 5.32. The van der Waals surface area contributed by atoms with Gasteiger partial charge in [0.1, 0.15) is 38.5 Å². The zero-order valence-electron chi connectivity index (χ0n) is 17.1. The van der Waals surface area contributed by atoms with E-state index in [-0.39, 0.29) is 11.8 Å². The summed E-state index contributed by atoms with van der Waals surface area (Å²) in [5, 5.41) is 5.50. The minimum Gasteiger partial charge on any atom is -0.497 e. The first-order valence-corrected chi connectivity index (χ1v) is 9.99. The van der Waals surface area contributed by atoms with Crippen molar-refractivity contribution in [2.45, 2.75) is 6.54 Å². The number of piperazine rings is 1. The van der Waals surface area contributed by atoms with Crippen LogP contribution in [0.15, 0.2) is 48.5 Å². The number of carbonyl (C=O) groups excluding carboxylic acids is 2. The zero-order chi connectivity index (χ0) is 20.6. The van der Waals surface area contributed by atoms with Crippen molar-refractivity contribution in [1.29, 1.82) is 0 Å². The summed E-state index contributed by atoms with van der Waals surface area (Å²) in [7, 11) is 3.27. The van der Waals surface area contributed by atoms with Gasteiger partial charge in [0, 0.05) is 23.9 Å². The van der Waals surface area contributed by atoms with Crippen molar-refractivity contribution in [2.75, 3.05) is 52.2 Å². The molecule has 1 saturated heterocycles. The molecule has 3 rings (SSSR count). The van der Waals surface area contributed by atoms with Gasteiger partial charge in [0.2, 0.25) is 0 Å². The largest absolute Gasteiger partial charge is 0.497 e. The molecule has 1 fully saturated rings. The second-order valence-corrected chi connectivity index (χ2v) is 7.41. The van der Waals surface area contributed by atoms with Crippen LogP contribution in [0.25, 0.3) is 0 Å². The summed E-state index contributed by atoms with van der Waals surface area (Å²) in [5.41, 5.74) is 2.49. The van der Waals surface area contributed by atoms with Gasteiger partial charge in [0.05, 0.1) is 7.11 Å². The fraction of sp³-hybridized carbons (Fsp3) is 0.364. The molecule has 0 spiro atoms. The predicted molar refractivity (Wildman–Crippen MR) is 111 cm³/mol. The summed E-state index contributed by atoms with van der Waals surface area (Å²) in [6, 6.07) is 15.2. The lowest BCUT2D eigenvalue weighted by Gasteiger charge is -2.29. The third kappa shape index (κ3) is 6.04. The van der Waals surface area contributed by atoms with Crippen LogP contribution in [0.2, 0.25) is 0 Å². The highest BCUT2D eigenvalue weighted by Gasteiger charge is 2.25. The van der Waals surface area contributed by atoms with Crippen molar-refractivity contribution >= 4 is 17.5 Å². The fourth-order valence-corrected chi connectivity index (χ4v) is 3.66. The molecular weight excluding hydrogens is 368 g/mol. The molecule has 7 heteroatoms. The number of anilines is 1. The number of nitrogens with one attached hydrogen (secondary N) is 4. The Morgan fingerprint density at radius 3 is 2.34 bits per heavy atom. The molecule has 1 aliphatic heterocycles. The normalized spacial score (nSPS) is 18.7. The van der Waals surface area contributed by atoms with E-state index in [0.29, 0.717) is 17.8 Å². The van der Waals surface area contributed by atoms with Gasteiger partial charge in [0.15, 0.2) is 6.54 Å². The molecule has 0 unspecified atom stereocenters. The summed E-state index contributed by atoms with van der Waals surface area (Å²) in [6.07, 6.45) is 0. The lowest BCUT2D eigenvalue weighted by Crippen LogP contribution is -3.28. The number of hydrogen-bond acceptors (Lipinski definition) is 3. The molecule has 0 bridgehead atoms. The Kier molecular flexibility index (Phi) is 7.21. The van der Waals surface area contributed by atoms with Crippen molar-refractivity contribution in [1.82, 2.24) is 5.32 Å². The number of ether oxygens (including phenoxy) is 1. The van der Waals surface area contributed by atoms with Gasteiger partial charge in [-0.05, 0) is 42.5 Å². The average Bonchev–Trinajstić information content (AvgIpc) is 2.75. The molecule has 2 amide bonds. The Balaban J connectivity index is 1.44. The van der Waals surface area contributed by atoms with Crippen molar-refractivity contribution in [2.24, 2.45) is 0 Å². The second kappa shape index (κ2) is 10.0. The van der Waals surface area contributed by atoms with Crippen LogP contribution >= 0.6 is 0 Å². The van der Waals surface area contributed by atoms with E-state index >= 15 is 0 Å². The zero-order valence-corrected chi connectivity index (χ0v) is 17.1. The molecule has 1 heterocycles. The van der Waals surface area contributed by atoms with E-state index in [1.807, 2.05) is 12.1 Å². The maximum absolute atomic E-state index is 12.4. The molecular formula is C22H30N4O3+2. The smallest absolute Gasteiger partial charge is 0.279 e. The van der Waals surface area contributed by atoms with E-state index in [1.54, 1.807) is 38.4 Å². The van der Waals surface area contributed by atoms with E-state index in [9.17, 15) is 9.59 Å². The second-order valence-electron chi connectivity index (χ2n) is 7.41. The number of hydrogen-bond donors (Lipinski definition) is 4. The molecule has 29 heavy (non-hydrogen) atoms. The Hall–Kier alpha value is -2.90. The molecule has 0 saturated carbocycles. The van der Waals surface area contributed by atoms with E-state index in [1.165, 1.54) is 15.4 Å². The SMILES string of the molecule is CNC(=O)c1cccc(NC(=O)C[NH+]2CC[NH+](Cc3ccc(OC)cc3)CC2)c1. The van der Waals surface area contributed by atoms with Crippen molar-refractivity contribution < 1.29 is 24.1 Å². The number of carbonyl (C=O) groups is 2. The van der Waals surface area contributed by atoms with Gasteiger partial charge >= 0.3 is 0 Å². The number of amides is 2. The van der Waals surface area contributed by atoms with Crippen molar-refractivity contribution in [3.8, 4) is 5.75 Å². The van der Waals surface area contributed by atoms with Crippen LogP contribution < -0.4 is 25.2 Å².